The van der Waals surface area contributed by atoms with E-state index in [1.54, 1.807) is 0 Å². The number of benzene rings is 6. The van der Waals surface area contributed by atoms with Crippen LogP contribution in [0.15, 0.2) is 91.0 Å². The molecule has 0 saturated heterocycles. The largest absolute Gasteiger partial charge is 0.430 e. The van der Waals surface area contributed by atoms with Gasteiger partial charge < -0.3 is 88.0 Å². The fourth-order valence-corrected chi connectivity index (χ4v) is 9.42. The maximum atomic E-state index is 13.1. The summed E-state index contributed by atoms with van der Waals surface area (Å²) in [6.45, 7) is -0.529. The van der Waals surface area contributed by atoms with Crippen LogP contribution >= 0.6 is 0 Å². The lowest BCUT2D eigenvalue weighted by Crippen LogP contribution is -2.55. The Balaban J connectivity index is 0.000000489. The van der Waals surface area contributed by atoms with Crippen LogP contribution < -0.4 is 57.3 Å². The summed E-state index contributed by atoms with van der Waals surface area (Å²) in [7, 11) is 0. The second-order valence-electron chi connectivity index (χ2n) is 23.1. The zero-order valence-electron chi connectivity index (χ0n) is 54.0. The van der Waals surface area contributed by atoms with E-state index in [-0.39, 0.29) is 28.2 Å². The van der Waals surface area contributed by atoms with Gasteiger partial charge in [0.05, 0.1) is 0 Å². The highest BCUT2D eigenvalue weighted by Crippen LogP contribution is 2.61. The summed E-state index contributed by atoms with van der Waals surface area (Å²) in [5.74, 6) is 0. The summed E-state index contributed by atoms with van der Waals surface area (Å²) in [5.41, 5.74) is -10.3. The highest BCUT2D eigenvalue weighted by Gasteiger charge is 2.78. The van der Waals surface area contributed by atoms with Crippen LogP contribution in [0.2, 0.25) is 0 Å². The second-order valence-corrected chi connectivity index (χ2v) is 23.1. The van der Waals surface area contributed by atoms with Crippen molar-refractivity contribution in [1.82, 2.24) is 0 Å². The molecule has 0 radical (unpaired) electrons. The zero-order valence-corrected chi connectivity index (χ0v) is 54.0. The number of aliphatic hydroxyl groups is 6. The molecule has 0 aliphatic heterocycles. The lowest BCUT2D eigenvalue weighted by atomic mass is 9.77. The van der Waals surface area contributed by atoms with Crippen LogP contribution in [0, 0.1) is 0 Å². The van der Waals surface area contributed by atoms with Gasteiger partial charge in [0.1, 0.15) is 0 Å². The van der Waals surface area contributed by atoms with Crippen LogP contribution in [0.5, 0.6) is 0 Å². The fraction of sp³-hybridized carbons (Fsp3) is 0.393. The molecule has 0 saturated carbocycles. The Morgan fingerprint density at radius 3 is 0.754 bits per heavy atom. The Hall–Kier alpha value is -9.60. The number of alkyl halides is 42. The van der Waals surface area contributed by atoms with E-state index >= 15 is 0 Å². The van der Waals surface area contributed by atoms with Crippen molar-refractivity contribution in [2.75, 3.05) is 57.3 Å². The van der Waals surface area contributed by atoms with Crippen LogP contribution in [-0.4, -0.2) is 117 Å². The lowest BCUT2D eigenvalue weighted by Gasteiger charge is -2.38. The summed E-state index contributed by atoms with van der Waals surface area (Å²) in [6, 6.07) is 6.96. The number of rotatable bonds is 7. The summed E-state index contributed by atoms with van der Waals surface area (Å²) < 4.78 is 538. The maximum absolute atomic E-state index is 13.1. The maximum Gasteiger partial charge on any atom is 0.430 e. The molecular weight excluding hydrogens is 1710 g/mol. The van der Waals surface area contributed by atoms with Gasteiger partial charge in [0.2, 0.25) is 0 Å². The van der Waals surface area contributed by atoms with Gasteiger partial charge in [-0.1, -0.05) is 24.3 Å². The van der Waals surface area contributed by atoms with Gasteiger partial charge in [-0.05, 0) is 79.2 Å². The first-order chi connectivity index (χ1) is 49.8. The Bertz CT molecular complexity index is 4150. The minimum absolute atomic E-state index is 0.107. The number of fused-ring (bicyclic) bond motifs is 1. The van der Waals surface area contributed by atoms with Crippen LogP contribution in [0.4, 0.5) is 241 Å². The average Bonchev–Trinajstić information content (AvgIpc) is 0.743. The SMILES string of the molecule is CC(c1cc(C(O)(C(F)(F)F)C(F)(F)F)c(N)cc1N)(C(F)(F)F)C(F)(F)F.Nc1cc(C(O)(C(F)(F)F)C(F)(F)F)c(N)cc1C(O)(C(F)(F)F)C(F)(F)F.Nc1cc(N)cc(C(O)(C(F)(F)F)C(F)(F)F)c1.Nc1ccc(N)c(C(O)(C(F)(F)F)C(F)(F)F)c1.Nc1cccc2c(N)c(C(O)(C(F)(F)F)C(F)(F)F)ccc12. The predicted octanol–water partition coefficient (Wildman–Crippen LogP) is 15.7. The van der Waals surface area contributed by atoms with E-state index in [0.29, 0.717) is 24.3 Å². The van der Waals surface area contributed by atoms with E-state index in [2.05, 4.69) is 0 Å². The van der Waals surface area contributed by atoms with Crippen molar-refractivity contribution in [1.29, 1.82) is 0 Å². The summed E-state index contributed by atoms with van der Waals surface area (Å²) in [4.78, 5) is 0. The van der Waals surface area contributed by atoms with Gasteiger partial charge >= 0.3 is 86.5 Å². The first kappa shape index (κ1) is 100. The molecular formula is C56H44F42N10O6. The monoisotopic (exact) mass is 1750 g/mol. The highest BCUT2D eigenvalue weighted by molar-refractivity contribution is 6.01. The van der Waals surface area contributed by atoms with E-state index in [1.807, 2.05) is 0 Å². The molecule has 0 heterocycles. The molecule has 0 aromatic heterocycles. The van der Waals surface area contributed by atoms with Crippen molar-refractivity contribution in [3.05, 3.63) is 130 Å². The second kappa shape index (κ2) is 30.5. The molecule has 26 N–H and O–H groups in total. The van der Waals surface area contributed by atoms with Gasteiger partial charge in [0, 0.05) is 101 Å². The van der Waals surface area contributed by atoms with Crippen molar-refractivity contribution in [2.24, 2.45) is 0 Å². The smallest absolute Gasteiger partial charge is 0.399 e. The van der Waals surface area contributed by atoms with E-state index in [9.17, 15) is 205 Å². The van der Waals surface area contributed by atoms with Gasteiger partial charge in [-0.3, -0.25) is 0 Å². The first-order valence-electron chi connectivity index (χ1n) is 27.8. The highest BCUT2D eigenvalue weighted by atomic mass is 19.5. The third-order valence-electron chi connectivity index (χ3n) is 15.6. The molecule has 6 aromatic carbocycles. The van der Waals surface area contributed by atoms with E-state index in [1.165, 1.54) is 18.2 Å². The Labute approximate surface area is 602 Å². The Kier molecular flexibility index (Phi) is 26.9. The van der Waals surface area contributed by atoms with Crippen molar-refractivity contribution >= 4 is 67.6 Å². The van der Waals surface area contributed by atoms with E-state index in [0.717, 1.165) is 24.3 Å². The van der Waals surface area contributed by atoms with Gasteiger partial charge in [-0.2, -0.15) is 184 Å². The minimum Gasteiger partial charge on any atom is -0.399 e. The number of halogens is 42. The van der Waals surface area contributed by atoms with Crippen LogP contribution in [0.1, 0.15) is 45.9 Å². The molecule has 0 aliphatic rings. The van der Waals surface area contributed by atoms with Crippen LogP contribution in [0.3, 0.4) is 0 Å². The van der Waals surface area contributed by atoms with Crippen LogP contribution in [0.25, 0.3) is 10.8 Å². The zero-order chi connectivity index (χ0) is 91.1. The predicted molar refractivity (Wildman–Crippen MR) is 309 cm³/mol. The van der Waals surface area contributed by atoms with E-state index < -0.39 is 235 Å². The fourth-order valence-electron chi connectivity index (χ4n) is 9.42. The van der Waals surface area contributed by atoms with Crippen molar-refractivity contribution in [2.45, 2.75) is 132 Å². The average molecular weight is 1750 g/mol. The molecule has 648 valence electrons. The van der Waals surface area contributed by atoms with Gasteiger partial charge in [0.25, 0.3) is 33.6 Å². The number of anilines is 10. The molecule has 0 unspecified atom stereocenters. The molecule has 0 amide bonds. The lowest BCUT2D eigenvalue weighted by molar-refractivity contribution is -0.377. The summed E-state index contributed by atoms with van der Waals surface area (Å²) >= 11 is 0. The molecule has 0 atom stereocenters. The Morgan fingerprint density at radius 1 is 0.202 bits per heavy atom. The standard InChI is InChI=1S/C13H10F12N2O.C13H10F6N2O.C12H8F12N2O2.2C9H8F6N2O/c1-8(10(14,15)16,11(17,18)19)4-2-5(7(27)3-6(4)26)9(28,12(20,21)22)13(23,24)25;14-12(15,16)11(22,13(17,18)19)8-5-4-6-7(10(8)21)2-1-3-9(6)20;13-9(14,15)7(27,10(16,17)18)3-1-5(25)4(2-6(3)26)8(28,11(19,20)21)12(22,23)24;10-8(11,12)7(18,9(13,14)15)4-1-5(16)3-6(17)2-4;10-8(11,12)7(18,9(13,14)15)5-3-4(16)1-2-6(5)17/h2-3,28H,26-27H2,1H3;1-5,22H,20-21H2;1-2,27-28H,25-26H2;2*1-3,18H,16-17H2. The minimum atomic E-state index is -6.60. The molecule has 0 spiro atoms. The van der Waals surface area contributed by atoms with Gasteiger partial charge in [0.15, 0.2) is 5.41 Å². The van der Waals surface area contributed by atoms with Crippen molar-refractivity contribution < 1.29 is 215 Å². The molecule has 58 heteroatoms. The number of nitrogens with two attached hydrogens (primary N) is 10. The molecule has 0 fully saturated rings. The first-order valence-corrected chi connectivity index (χ1v) is 27.8. The summed E-state index contributed by atoms with van der Waals surface area (Å²) in [6.07, 6.45) is -87.7. The Morgan fingerprint density at radius 2 is 0.465 bits per heavy atom. The van der Waals surface area contributed by atoms with Crippen molar-refractivity contribution in [3.63, 3.8) is 0 Å². The molecule has 16 nitrogen and oxygen atoms in total. The number of nitrogen functional groups attached to an aromatic ring is 10. The molecule has 6 aromatic rings. The molecule has 6 rings (SSSR count). The van der Waals surface area contributed by atoms with Crippen LogP contribution in [-0.2, 0) is 39.0 Å². The summed E-state index contributed by atoms with van der Waals surface area (Å²) in [5, 5.41) is 55.3. The van der Waals surface area contributed by atoms with Gasteiger partial charge in [-0.25, -0.2) is 0 Å². The third kappa shape index (κ3) is 17.9. The van der Waals surface area contributed by atoms with Crippen molar-refractivity contribution in [3.8, 4) is 0 Å². The van der Waals surface area contributed by atoms with Gasteiger partial charge in [-0.15, -0.1) is 0 Å². The number of hydrogen-bond acceptors (Lipinski definition) is 16. The topological polar surface area (TPSA) is 382 Å². The van der Waals surface area contributed by atoms with E-state index in [4.69, 9.17) is 67.5 Å². The quantitative estimate of drug-likeness (QED) is 0.0521. The molecule has 114 heavy (non-hydrogen) atoms. The number of hydrogen-bond donors (Lipinski definition) is 16. The normalized spacial score (nSPS) is 14.4. The third-order valence-corrected chi connectivity index (χ3v) is 15.6. The molecule has 0 aliphatic carbocycles. The molecule has 0 bridgehead atoms.